The number of ether oxygens (including phenoxy) is 1. The van der Waals surface area contributed by atoms with E-state index in [1.165, 1.54) is 6.20 Å². The third-order valence-corrected chi connectivity index (χ3v) is 2.73. The third-order valence-electron chi connectivity index (χ3n) is 1.89. The van der Waals surface area contributed by atoms with Crippen molar-refractivity contribution < 1.29 is 9.66 Å². The standard InChI is InChI=1S/C10H8N2O3S/c1-7-2-3-8(6-11-7)15-9-4-5-16-10(9)12(13)14/h2-6H,1H3. The van der Waals surface area contributed by atoms with Gasteiger partial charge in [-0.15, -0.1) is 0 Å². The Bertz CT molecular complexity index is 507. The lowest BCUT2D eigenvalue weighted by atomic mass is 10.4. The van der Waals surface area contributed by atoms with Gasteiger partial charge in [0, 0.05) is 11.1 Å². The summed E-state index contributed by atoms with van der Waals surface area (Å²) in [7, 11) is 0. The zero-order chi connectivity index (χ0) is 11.5. The molecule has 0 saturated heterocycles. The van der Waals surface area contributed by atoms with Crippen LogP contribution in [0.15, 0.2) is 29.8 Å². The normalized spacial score (nSPS) is 10.1. The maximum Gasteiger partial charge on any atom is 0.366 e. The summed E-state index contributed by atoms with van der Waals surface area (Å²) in [6.45, 7) is 1.86. The molecule has 0 radical (unpaired) electrons. The Kier molecular flexibility index (Phi) is 2.82. The van der Waals surface area contributed by atoms with Crippen LogP contribution in [-0.2, 0) is 0 Å². The Morgan fingerprint density at radius 1 is 1.44 bits per heavy atom. The van der Waals surface area contributed by atoms with Crippen LogP contribution in [-0.4, -0.2) is 9.91 Å². The number of thiophene rings is 1. The van der Waals surface area contributed by atoms with Crippen LogP contribution >= 0.6 is 11.3 Å². The molecule has 6 heteroatoms. The van der Waals surface area contributed by atoms with Crippen LogP contribution in [0.2, 0.25) is 0 Å². The van der Waals surface area contributed by atoms with Gasteiger partial charge >= 0.3 is 5.00 Å². The molecule has 0 aromatic carbocycles. The summed E-state index contributed by atoms with van der Waals surface area (Å²) in [6.07, 6.45) is 1.54. The van der Waals surface area contributed by atoms with Crippen molar-refractivity contribution in [2.24, 2.45) is 0 Å². The number of hydrogen-bond acceptors (Lipinski definition) is 5. The highest BCUT2D eigenvalue weighted by atomic mass is 32.1. The van der Waals surface area contributed by atoms with Gasteiger partial charge < -0.3 is 4.74 Å². The van der Waals surface area contributed by atoms with Gasteiger partial charge in [0.15, 0.2) is 0 Å². The molecule has 16 heavy (non-hydrogen) atoms. The Labute approximate surface area is 95.5 Å². The minimum Gasteiger partial charge on any atom is -0.447 e. The Morgan fingerprint density at radius 3 is 2.88 bits per heavy atom. The molecule has 82 valence electrons. The molecule has 0 aliphatic carbocycles. The molecule has 5 nitrogen and oxygen atoms in total. The summed E-state index contributed by atoms with van der Waals surface area (Å²) in [6, 6.07) is 5.08. The molecule has 2 aromatic heterocycles. The van der Waals surface area contributed by atoms with E-state index in [0.29, 0.717) is 5.75 Å². The molecular weight excluding hydrogens is 228 g/mol. The van der Waals surface area contributed by atoms with Crippen LogP contribution in [0, 0.1) is 17.0 Å². The van der Waals surface area contributed by atoms with Gasteiger partial charge in [0.1, 0.15) is 5.75 Å². The maximum absolute atomic E-state index is 10.6. The fourth-order valence-corrected chi connectivity index (χ4v) is 1.77. The maximum atomic E-state index is 10.6. The topological polar surface area (TPSA) is 65.3 Å². The quantitative estimate of drug-likeness (QED) is 0.606. The van der Waals surface area contributed by atoms with E-state index in [4.69, 9.17) is 4.74 Å². The first kappa shape index (κ1) is 10.6. The molecule has 0 aliphatic heterocycles. The van der Waals surface area contributed by atoms with E-state index in [-0.39, 0.29) is 10.8 Å². The first-order chi connectivity index (χ1) is 7.66. The zero-order valence-electron chi connectivity index (χ0n) is 8.41. The summed E-state index contributed by atoms with van der Waals surface area (Å²) in [5.41, 5.74) is 0.868. The van der Waals surface area contributed by atoms with E-state index in [9.17, 15) is 10.1 Å². The lowest BCUT2D eigenvalue weighted by molar-refractivity contribution is -0.380. The van der Waals surface area contributed by atoms with Crippen LogP contribution in [0.25, 0.3) is 0 Å². The number of aryl methyl sites for hydroxylation is 1. The van der Waals surface area contributed by atoms with Gasteiger partial charge in [0.2, 0.25) is 5.75 Å². The largest absolute Gasteiger partial charge is 0.447 e. The van der Waals surface area contributed by atoms with Crippen molar-refractivity contribution in [3.8, 4) is 11.5 Å². The van der Waals surface area contributed by atoms with Crippen molar-refractivity contribution in [3.63, 3.8) is 0 Å². The smallest absolute Gasteiger partial charge is 0.366 e. The van der Waals surface area contributed by atoms with Crippen LogP contribution in [0.1, 0.15) is 5.69 Å². The number of pyridine rings is 1. The number of nitro groups is 1. The molecule has 0 unspecified atom stereocenters. The van der Waals surface area contributed by atoms with E-state index in [1.807, 2.05) is 6.92 Å². The predicted molar refractivity (Wildman–Crippen MR) is 60.0 cm³/mol. The van der Waals surface area contributed by atoms with Crippen LogP contribution in [0.5, 0.6) is 11.5 Å². The van der Waals surface area contributed by atoms with E-state index < -0.39 is 4.92 Å². The fourth-order valence-electron chi connectivity index (χ4n) is 1.14. The monoisotopic (exact) mass is 236 g/mol. The molecule has 0 atom stereocenters. The summed E-state index contributed by atoms with van der Waals surface area (Å²) < 4.78 is 5.37. The van der Waals surface area contributed by atoms with Gasteiger partial charge in [-0.05, 0) is 25.1 Å². The first-order valence-electron chi connectivity index (χ1n) is 4.49. The molecule has 0 aliphatic rings. The Hall–Kier alpha value is -1.95. The zero-order valence-corrected chi connectivity index (χ0v) is 9.23. The second-order valence-electron chi connectivity index (χ2n) is 3.08. The van der Waals surface area contributed by atoms with Gasteiger partial charge in [-0.1, -0.05) is 11.3 Å². The molecule has 0 fully saturated rings. The Morgan fingerprint density at radius 2 is 2.25 bits per heavy atom. The number of rotatable bonds is 3. The Balaban J connectivity index is 2.23. The van der Waals surface area contributed by atoms with Crippen LogP contribution in [0.4, 0.5) is 5.00 Å². The third kappa shape index (κ3) is 2.17. The summed E-state index contributed by atoms with van der Waals surface area (Å²) in [5, 5.41) is 12.3. The van der Waals surface area contributed by atoms with E-state index in [0.717, 1.165) is 17.0 Å². The molecule has 0 bridgehead atoms. The van der Waals surface area contributed by atoms with Gasteiger partial charge in [-0.2, -0.15) is 0 Å². The minimum atomic E-state index is -0.457. The molecule has 0 N–H and O–H groups in total. The molecule has 2 rings (SSSR count). The molecule has 0 saturated carbocycles. The van der Waals surface area contributed by atoms with Gasteiger partial charge in [0.25, 0.3) is 0 Å². The first-order valence-corrected chi connectivity index (χ1v) is 5.37. The van der Waals surface area contributed by atoms with Crippen molar-refractivity contribution >= 4 is 16.3 Å². The van der Waals surface area contributed by atoms with Crippen molar-refractivity contribution in [1.82, 2.24) is 4.98 Å². The van der Waals surface area contributed by atoms with Crippen molar-refractivity contribution in [2.45, 2.75) is 6.92 Å². The lowest BCUT2D eigenvalue weighted by Crippen LogP contribution is -1.89. The van der Waals surface area contributed by atoms with Gasteiger partial charge in [-0.3, -0.25) is 15.1 Å². The van der Waals surface area contributed by atoms with Crippen molar-refractivity contribution in [2.75, 3.05) is 0 Å². The average molecular weight is 236 g/mol. The minimum absolute atomic E-state index is 0.000532. The van der Waals surface area contributed by atoms with Crippen LogP contribution < -0.4 is 4.74 Å². The lowest BCUT2D eigenvalue weighted by Gasteiger charge is -2.02. The number of nitrogens with zero attached hydrogens (tertiary/aromatic N) is 2. The summed E-state index contributed by atoms with van der Waals surface area (Å²) in [4.78, 5) is 14.2. The molecule has 2 aromatic rings. The van der Waals surface area contributed by atoms with Crippen molar-refractivity contribution in [3.05, 3.63) is 45.6 Å². The summed E-state index contributed by atoms with van der Waals surface area (Å²) >= 11 is 1.04. The highest BCUT2D eigenvalue weighted by Gasteiger charge is 2.17. The van der Waals surface area contributed by atoms with Crippen LogP contribution in [0.3, 0.4) is 0 Å². The van der Waals surface area contributed by atoms with Crippen molar-refractivity contribution in [1.29, 1.82) is 0 Å². The number of aromatic nitrogens is 1. The second kappa shape index (κ2) is 4.28. The SMILES string of the molecule is Cc1ccc(Oc2ccsc2[N+](=O)[O-])cn1. The predicted octanol–water partition coefficient (Wildman–Crippen LogP) is 3.15. The van der Waals surface area contributed by atoms with E-state index >= 15 is 0 Å². The van der Waals surface area contributed by atoms with Gasteiger partial charge in [-0.25, -0.2) is 0 Å². The van der Waals surface area contributed by atoms with Gasteiger partial charge in [0.05, 0.1) is 11.1 Å². The molecule has 0 amide bonds. The molecular formula is C10H8N2O3S. The van der Waals surface area contributed by atoms with E-state index in [1.54, 1.807) is 23.6 Å². The summed E-state index contributed by atoms with van der Waals surface area (Å²) in [5.74, 6) is 0.743. The molecule has 2 heterocycles. The fraction of sp³-hybridized carbons (Fsp3) is 0.100. The highest BCUT2D eigenvalue weighted by Crippen LogP contribution is 2.35. The average Bonchev–Trinajstić information content (AvgIpc) is 2.69. The number of hydrogen-bond donors (Lipinski definition) is 0. The molecule has 0 spiro atoms. The second-order valence-corrected chi connectivity index (χ2v) is 3.98. The van der Waals surface area contributed by atoms with E-state index in [2.05, 4.69) is 4.98 Å². The highest BCUT2D eigenvalue weighted by molar-refractivity contribution is 7.13.